The van der Waals surface area contributed by atoms with E-state index in [4.69, 9.17) is 9.16 Å². The molecule has 0 fully saturated rings. The molecule has 0 spiro atoms. The first kappa shape index (κ1) is 27.4. The summed E-state index contributed by atoms with van der Waals surface area (Å²) in [7, 11) is -2.82. The molecular formula is C26H39NO4SSi. The molecule has 2 aromatic rings. The van der Waals surface area contributed by atoms with Crippen LogP contribution >= 0.6 is 0 Å². The third-order valence-corrected chi connectivity index (χ3v) is 12.5. The van der Waals surface area contributed by atoms with E-state index in [1.807, 2.05) is 64.1 Å². The average molecular weight is 490 g/mol. The van der Waals surface area contributed by atoms with Crippen molar-refractivity contribution in [3.05, 3.63) is 60.7 Å². The van der Waals surface area contributed by atoms with Gasteiger partial charge in [0.15, 0.2) is 0 Å². The van der Waals surface area contributed by atoms with E-state index >= 15 is 0 Å². The van der Waals surface area contributed by atoms with Crippen LogP contribution < -0.4 is 15.1 Å². The summed E-state index contributed by atoms with van der Waals surface area (Å²) in [4.78, 5) is 12.3. The Labute approximate surface area is 203 Å². The Morgan fingerprint density at radius 3 is 1.76 bits per heavy atom. The number of rotatable bonds is 9. The van der Waals surface area contributed by atoms with Gasteiger partial charge in [0.1, 0.15) is 0 Å². The highest BCUT2D eigenvalue weighted by Gasteiger charge is 2.51. The maximum Gasteiger partial charge on any atom is 0.307 e. The Balaban J connectivity index is 2.59. The normalized spacial score (nSPS) is 15.5. The largest absolute Gasteiger partial charge is 0.469 e. The summed E-state index contributed by atoms with van der Waals surface area (Å²) >= 11 is 0. The maximum atomic E-state index is 13.0. The molecule has 0 bridgehead atoms. The lowest BCUT2D eigenvalue weighted by Crippen LogP contribution is -2.68. The van der Waals surface area contributed by atoms with Gasteiger partial charge in [0.05, 0.1) is 41.4 Å². The SMILES string of the molecule is COC(=O)C[C@@H](N[S@](=O)C(C)(C)C)[C@H](C)O[Si](c1ccccc1)(c1ccccc1)C(C)(C)C. The average Bonchev–Trinajstić information content (AvgIpc) is 2.76. The van der Waals surface area contributed by atoms with Gasteiger partial charge in [-0.2, -0.15) is 0 Å². The molecule has 0 aromatic heterocycles. The van der Waals surface area contributed by atoms with Crippen LogP contribution in [0, 0.1) is 0 Å². The maximum absolute atomic E-state index is 13.0. The molecule has 182 valence electrons. The van der Waals surface area contributed by atoms with Gasteiger partial charge in [0.25, 0.3) is 8.32 Å². The van der Waals surface area contributed by atoms with Gasteiger partial charge in [-0.25, -0.2) is 8.93 Å². The number of carbonyl (C=O) groups is 1. The number of carbonyl (C=O) groups excluding carboxylic acids is 1. The lowest BCUT2D eigenvalue weighted by molar-refractivity contribution is -0.141. The van der Waals surface area contributed by atoms with E-state index in [-0.39, 0.29) is 17.4 Å². The highest BCUT2D eigenvalue weighted by molar-refractivity contribution is 7.84. The van der Waals surface area contributed by atoms with Gasteiger partial charge in [0.2, 0.25) is 0 Å². The number of hydrogen-bond donors (Lipinski definition) is 1. The molecule has 33 heavy (non-hydrogen) atoms. The Morgan fingerprint density at radius 1 is 0.939 bits per heavy atom. The number of nitrogens with one attached hydrogen (secondary N) is 1. The van der Waals surface area contributed by atoms with Crippen molar-refractivity contribution in [2.75, 3.05) is 7.11 Å². The minimum atomic E-state index is -2.82. The summed E-state index contributed by atoms with van der Waals surface area (Å²) in [6, 6.07) is 20.2. The van der Waals surface area contributed by atoms with Gasteiger partial charge in [-0.3, -0.25) is 4.79 Å². The van der Waals surface area contributed by atoms with Crippen molar-refractivity contribution in [2.45, 2.75) is 76.8 Å². The summed E-state index contributed by atoms with van der Waals surface area (Å²) in [5.41, 5.74) is 0. The van der Waals surface area contributed by atoms with Crippen LogP contribution in [0.4, 0.5) is 0 Å². The number of benzene rings is 2. The van der Waals surface area contributed by atoms with Crippen molar-refractivity contribution in [1.82, 2.24) is 4.72 Å². The van der Waals surface area contributed by atoms with Crippen LogP contribution in [-0.4, -0.2) is 42.5 Å². The van der Waals surface area contributed by atoms with Crippen LogP contribution in [0.3, 0.4) is 0 Å². The monoisotopic (exact) mass is 489 g/mol. The fourth-order valence-electron chi connectivity index (χ4n) is 3.93. The molecule has 0 saturated heterocycles. The molecule has 7 heteroatoms. The van der Waals surface area contributed by atoms with Crippen LogP contribution in [0.1, 0.15) is 54.9 Å². The third-order valence-electron chi connectivity index (χ3n) is 5.77. The first-order valence-corrected chi connectivity index (χ1v) is 14.4. The highest BCUT2D eigenvalue weighted by atomic mass is 32.2. The smallest absolute Gasteiger partial charge is 0.307 e. The second-order valence-electron chi connectivity index (χ2n) is 10.4. The Kier molecular flexibility index (Phi) is 9.21. The van der Waals surface area contributed by atoms with Crippen LogP contribution in [0.15, 0.2) is 60.7 Å². The van der Waals surface area contributed by atoms with Crippen LogP contribution in [0.2, 0.25) is 5.04 Å². The molecular weight excluding hydrogens is 450 g/mol. The van der Waals surface area contributed by atoms with Gasteiger partial charge >= 0.3 is 5.97 Å². The first-order chi connectivity index (χ1) is 15.3. The van der Waals surface area contributed by atoms with Crippen molar-refractivity contribution in [2.24, 2.45) is 0 Å². The molecule has 2 aromatic carbocycles. The molecule has 0 heterocycles. The van der Waals surface area contributed by atoms with Crippen molar-refractivity contribution >= 4 is 35.6 Å². The van der Waals surface area contributed by atoms with Crippen molar-refractivity contribution in [3.63, 3.8) is 0 Å². The summed E-state index contributed by atoms with van der Waals surface area (Å²) in [5, 5.41) is 2.11. The highest BCUT2D eigenvalue weighted by Crippen LogP contribution is 2.38. The molecule has 1 N–H and O–H groups in total. The van der Waals surface area contributed by atoms with Crippen LogP contribution in [0.25, 0.3) is 0 Å². The lowest BCUT2D eigenvalue weighted by Gasteiger charge is -2.46. The van der Waals surface area contributed by atoms with E-state index in [9.17, 15) is 9.00 Å². The van der Waals surface area contributed by atoms with Gasteiger partial charge in [-0.05, 0) is 43.1 Å². The fourth-order valence-corrected chi connectivity index (χ4v) is 9.57. The van der Waals surface area contributed by atoms with E-state index < -0.39 is 36.2 Å². The number of methoxy groups -OCH3 is 1. The summed E-state index contributed by atoms with van der Waals surface area (Å²) in [6.45, 7) is 14.3. The zero-order valence-corrected chi connectivity index (χ0v) is 23.0. The second-order valence-corrected chi connectivity index (χ2v) is 16.6. The fraction of sp³-hybridized carbons (Fsp3) is 0.500. The minimum absolute atomic E-state index is 0.0672. The molecule has 0 aliphatic carbocycles. The van der Waals surface area contributed by atoms with Crippen LogP contribution in [0.5, 0.6) is 0 Å². The molecule has 0 saturated carbocycles. The number of hydrogen-bond acceptors (Lipinski definition) is 4. The summed E-state index contributed by atoms with van der Waals surface area (Å²) < 4.78 is 27.7. The Hall–Kier alpha value is -1.80. The summed E-state index contributed by atoms with van der Waals surface area (Å²) in [6.07, 6.45) is -0.334. The molecule has 0 aliphatic heterocycles. The first-order valence-electron chi connectivity index (χ1n) is 11.4. The quantitative estimate of drug-likeness (QED) is 0.428. The molecule has 0 aliphatic rings. The molecule has 3 atom stereocenters. The van der Waals surface area contributed by atoms with E-state index in [0.29, 0.717) is 0 Å². The van der Waals surface area contributed by atoms with E-state index in [1.165, 1.54) is 7.11 Å². The lowest BCUT2D eigenvalue weighted by atomic mass is 10.1. The van der Waals surface area contributed by atoms with Crippen molar-refractivity contribution in [3.8, 4) is 0 Å². The molecule has 2 rings (SSSR count). The standard InChI is InChI=1S/C26H39NO4SSi/c1-20(23(19-24(28)30-8)27-32(29)25(2,3)4)31-33(26(5,6)7,21-15-11-9-12-16-21)22-17-13-10-14-18-22/h9-18,20,23,27H,19H2,1-8H3/t20-,23+,32+/m0/s1. The molecule has 0 radical (unpaired) electrons. The van der Waals surface area contributed by atoms with Gasteiger partial charge < -0.3 is 9.16 Å². The third kappa shape index (κ3) is 6.63. The second kappa shape index (κ2) is 11.1. The van der Waals surface area contributed by atoms with Gasteiger partial charge in [-0.15, -0.1) is 0 Å². The minimum Gasteiger partial charge on any atom is -0.469 e. The Bertz CT molecular complexity index is 883. The van der Waals surface area contributed by atoms with Gasteiger partial charge in [0, 0.05) is 0 Å². The number of esters is 1. The number of ether oxygens (including phenoxy) is 1. The zero-order valence-electron chi connectivity index (χ0n) is 21.2. The van der Waals surface area contributed by atoms with Crippen molar-refractivity contribution < 1.29 is 18.2 Å². The summed E-state index contributed by atoms with van der Waals surface area (Å²) in [5.74, 6) is -0.365. The van der Waals surface area contributed by atoms with Crippen LogP contribution in [-0.2, 0) is 24.9 Å². The topological polar surface area (TPSA) is 64.6 Å². The van der Waals surface area contributed by atoms with E-state index in [1.54, 1.807) is 0 Å². The predicted octanol–water partition coefficient (Wildman–Crippen LogP) is 3.94. The predicted molar refractivity (Wildman–Crippen MR) is 140 cm³/mol. The van der Waals surface area contributed by atoms with Gasteiger partial charge in [-0.1, -0.05) is 81.4 Å². The van der Waals surface area contributed by atoms with E-state index in [0.717, 1.165) is 10.4 Å². The molecule has 0 unspecified atom stereocenters. The molecule has 5 nitrogen and oxygen atoms in total. The van der Waals surface area contributed by atoms with E-state index in [2.05, 4.69) is 49.8 Å². The molecule has 0 amide bonds. The van der Waals surface area contributed by atoms with Crippen molar-refractivity contribution in [1.29, 1.82) is 0 Å². The zero-order chi connectivity index (χ0) is 24.9. The Morgan fingerprint density at radius 2 is 1.39 bits per heavy atom.